The fraction of sp³-hybridized carbons (Fsp3) is 0.909. The molecule has 0 amide bonds. The fourth-order valence-electron chi connectivity index (χ4n) is 1.69. The van der Waals surface area contributed by atoms with Gasteiger partial charge in [0.25, 0.3) is 0 Å². The molecule has 0 saturated heterocycles. The van der Waals surface area contributed by atoms with E-state index >= 15 is 0 Å². The van der Waals surface area contributed by atoms with Gasteiger partial charge in [0.05, 0.1) is 13.2 Å². The molecule has 0 aromatic carbocycles. The van der Waals surface area contributed by atoms with Crippen LogP contribution in [0, 0.1) is 5.28 Å². The minimum absolute atomic E-state index is 0. The minimum atomic E-state index is -2.99. The Bertz CT molecular complexity index is 233. The zero-order valence-corrected chi connectivity index (χ0v) is 14.4. The molecule has 0 spiro atoms. The Morgan fingerprint density at radius 1 is 1.06 bits per heavy atom. The molecule has 0 bridgehead atoms. The van der Waals surface area contributed by atoms with E-state index in [1.807, 2.05) is 13.8 Å². The molecular weight excluding hydrogens is 246 g/mol. The Balaban J connectivity index is 0. The Labute approximate surface area is 120 Å². The van der Waals surface area contributed by atoms with E-state index in [1.54, 1.807) is 0 Å². The van der Waals surface area contributed by atoms with Crippen LogP contribution in [0.5, 0.6) is 0 Å². The first-order valence-corrected chi connectivity index (χ1v) is 11.1. The summed E-state index contributed by atoms with van der Waals surface area (Å²) in [6.07, 6.45) is 1.84. The van der Waals surface area contributed by atoms with Crippen LogP contribution in [0.4, 0.5) is 0 Å². The van der Waals surface area contributed by atoms with Gasteiger partial charge in [-0.2, -0.15) is 11.7 Å². The van der Waals surface area contributed by atoms with Crippen molar-refractivity contribution in [3.8, 4) is 0 Å². The van der Waals surface area contributed by atoms with E-state index in [0.29, 0.717) is 13.2 Å². The first-order chi connectivity index (χ1) is 7.31. The van der Waals surface area contributed by atoms with Crippen LogP contribution in [0.25, 0.3) is 0 Å². The van der Waals surface area contributed by atoms with Crippen LogP contribution in [0.2, 0.25) is 19.6 Å². The third kappa shape index (κ3) is 6.61. The first-order valence-electron chi connectivity index (χ1n) is 6.07. The van der Waals surface area contributed by atoms with E-state index < -0.39 is 15.7 Å². The molecule has 0 atom stereocenters. The van der Waals surface area contributed by atoms with Crippen molar-refractivity contribution >= 4 is 15.7 Å². The SMILES string of the molecule is CCC[C-]([Si](C)(C)C)P(=O)(OCC)OCC.[Li+]. The summed E-state index contributed by atoms with van der Waals surface area (Å²) in [5, 5.41) is 1.05. The van der Waals surface area contributed by atoms with Gasteiger partial charge in [0.2, 0.25) is 0 Å². The number of rotatable bonds is 8. The molecule has 0 aromatic rings. The van der Waals surface area contributed by atoms with Gasteiger partial charge in [-0.25, -0.2) is 0 Å². The maximum Gasteiger partial charge on any atom is 1.00 e. The van der Waals surface area contributed by atoms with Crippen molar-refractivity contribution in [2.24, 2.45) is 0 Å². The Morgan fingerprint density at radius 3 is 1.71 bits per heavy atom. The smallest absolute Gasteiger partial charge is 0.331 e. The van der Waals surface area contributed by atoms with E-state index in [9.17, 15) is 4.57 Å². The van der Waals surface area contributed by atoms with Gasteiger partial charge in [-0.3, -0.25) is 4.57 Å². The zero-order chi connectivity index (χ0) is 12.8. The molecule has 0 saturated carbocycles. The second-order valence-electron chi connectivity index (χ2n) is 4.78. The first kappa shape index (κ1) is 20.3. The summed E-state index contributed by atoms with van der Waals surface area (Å²) in [4.78, 5) is 0. The van der Waals surface area contributed by atoms with Crippen LogP contribution >= 0.6 is 7.60 Å². The average molecular weight is 272 g/mol. The summed E-state index contributed by atoms with van der Waals surface area (Å²) in [7, 11) is -4.60. The molecule has 0 aliphatic carbocycles. The van der Waals surface area contributed by atoms with Gasteiger partial charge in [0.1, 0.15) is 0 Å². The monoisotopic (exact) mass is 272 g/mol. The molecule has 0 aliphatic heterocycles. The molecule has 3 nitrogen and oxygen atoms in total. The van der Waals surface area contributed by atoms with Crippen LogP contribution < -0.4 is 18.9 Å². The third-order valence-corrected chi connectivity index (χ3v) is 9.18. The molecule has 0 aromatic heterocycles. The van der Waals surface area contributed by atoms with Crippen LogP contribution in [-0.4, -0.2) is 21.3 Å². The molecular formula is C11H26LiO3PSi. The predicted molar refractivity (Wildman–Crippen MR) is 72.4 cm³/mol. The second-order valence-corrected chi connectivity index (χ2v) is 12.4. The summed E-state index contributed by atoms with van der Waals surface area (Å²) >= 11 is 0. The normalized spacial score (nSPS) is 12.6. The van der Waals surface area contributed by atoms with Gasteiger partial charge in [-0.05, 0) is 13.8 Å². The molecule has 98 valence electrons. The number of hydrogen-bond acceptors (Lipinski definition) is 3. The fourth-order valence-corrected chi connectivity index (χ4v) is 7.93. The quantitative estimate of drug-likeness (QED) is 0.381. The Hall–Kier alpha value is 0.964. The second kappa shape index (κ2) is 8.96. The van der Waals surface area contributed by atoms with E-state index in [4.69, 9.17) is 9.05 Å². The van der Waals surface area contributed by atoms with Crippen LogP contribution in [0.3, 0.4) is 0 Å². The van der Waals surface area contributed by atoms with Crippen molar-refractivity contribution < 1.29 is 32.5 Å². The van der Waals surface area contributed by atoms with Gasteiger partial charge < -0.3 is 9.05 Å². The van der Waals surface area contributed by atoms with Crippen molar-refractivity contribution in [1.82, 2.24) is 0 Å². The van der Waals surface area contributed by atoms with Gasteiger partial charge in [-0.15, -0.1) is 0 Å². The summed E-state index contributed by atoms with van der Waals surface area (Å²) in [6, 6.07) is 0. The van der Waals surface area contributed by atoms with E-state index in [2.05, 4.69) is 26.6 Å². The minimum Gasteiger partial charge on any atom is -0.331 e. The molecule has 6 heteroatoms. The summed E-state index contributed by atoms with van der Waals surface area (Å²) in [5.74, 6) is 0. The van der Waals surface area contributed by atoms with Crippen molar-refractivity contribution in [1.29, 1.82) is 0 Å². The van der Waals surface area contributed by atoms with Gasteiger partial charge in [-0.1, -0.05) is 41.1 Å². The Morgan fingerprint density at radius 2 is 1.47 bits per heavy atom. The van der Waals surface area contributed by atoms with Gasteiger partial charge in [0.15, 0.2) is 7.60 Å². The number of hydrogen-bond donors (Lipinski definition) is 0. The predicted octanol–water partition coefficient (Wildman–Crippen LogP) is 1.47. The molecule has 0 unspecified atom stereocenters. The van der Waals surface area contributed by atoms with Crippen LogP contribution in [0.15, 0.2) is 0 Å². The van der Waals surface area contributed by atoms with E-state index in [0.717, 1.165) is 18.1 Å². The summed E-state index contributed by atoms with van der Waals surface area (Å²) in [6.45, 7) is 13.3. The molecule has 0 fully saturated rings. The van der Waals surface area contributed by atoms with Crippen LogP contribution in [0.1, 0.15) is 33.6 Å². The maximum atomic E-state index is 12.7. The molecule has 0 rings (SSSR count). The molecule has 17 heavy (non-hydrogen) atoms. The van der Waals surface area contributed by atoms with E-state index in [-0.39, 0.29) is 18.9 Å². The topological polar surface area (TPSA) is 35.5 Å². The summed E-state index contributed by atoms with van der Waals surface area (Å²) < 4.78 is 23.6. The molecule has 0 heterocycles. The third-order valence-electron chi connectivity index (χ3n) is 2.28. The van der Waals surface area contributed by atoms with Gasteiger partial charge >= 0.3 is 18.9 Å². The molecule has 0 radical (unpaired) electrons. The largest absolute Gasteiger partial charge is 1.00 e. The van der Waals surface area contributed by atoms with Crippen molar-refractivity contribution in [3.63, 3.8) is 0 Å². The van der Waals surface area contributed by atoms with Crippen LogP contribution in [-0.2, 0) is 13.6 Å². The molecule has 0 N–H and O–H groups in total. The average Bonchev–Trinajstić information content (AvgIpc) is 2.13. The van der Waals surface area contributed by atoms with Crippen molar-refractivity contribution in [2.45, 2.75) is 53.3 Å². The standard InChI is InChI=1S/C11H26O3PSi.Li/c1-7-10-11(16(4,5)6)15(12,13-8-2)14-9-3;/h7-10H2,1-6H3;/q-1;+1. The Kier molecular flexibility index (Phi) is 10.7. The van der Waals surface area contributed by atoms with E-state index in [1.165, 1.54) is 0 Å². The van der Waals surface area contributed by atoms with Crippen molar-refractivity contribution in [3.05, 3.63) is 5.28 Å². The maximum absolute atomic E-state index is 12.7. The molecule has 0 aliphatic rings. The van der Waals surface area contributed by atoms with Crippen molar-refractivity contribution in [2.75, 3.05) is 13.2 Å². The zero-order valence-electron chi connectivity index (χ0n) is 12.5. The summed E-state index contributed by atoms with van der Waals surface area (Å²) in [5.41, 5.74) is 0. The van der Waals surface area contributed by atoms with Gasteiger partial charge in [0, 0.05) is 0 Å².